The number of anilines is 1. The van der Waals surface area contributed by atoms with Gasteiger partial charge in [-0.05, 0) is 35.9 Å². The van der Waals surface area contributed by atoms with E-state index < -0.39 is 17.6 Å². The molecule has 31 heavy (non-hydrogen) atoms. The number of thiocarbonyl (C=S) groups is 1. The average Bonchev–Trinajstić information content (AvgIpc) is 2.99. The van der Waals surface area contributed by atoms with Crippen LogP contribution < -0.4 is 10.1 Å². The zero-order chi connectivity index (χ0) is 22.6. The van der Waals surface area contributed by atoms with Crippen LogP contribution in [0.5, 0.6) is 5.75 Å². The van der Waals surface area contributed by atoms with E-state index in [1.807, 2.05) is 0 Å². The second kappa shape index (κ2) is 9.52. The lowest BCUT2D eigenvalue weighted by Crippen LogP contribution is -2.31. The molecule has 0 atom stereocenters. The quantitative estimate of drug-likeness (QED) is 0.483. The van der Waals surface area contributed by atoms with Crippen molar-refractivity contribution in [2.75, 3.05) is 19.0 Å². The Labute approximate surface area is 186 Å². The van der Waals surface area contributed by atoms with Gasteiger partial charge in [-0.25, -0.2) is 0 Å². The molecule has 0 radical (unpaired) electrons. The molecule has 0 saturated carbocycles. The highest BCUT2D eigenvalue weighted by atomic mass is 32.2. The monoisotopic (exact) mass is 466 g/mol. The number of carbonyl (C=O) groups is 2. The number of halogens is 3. The summed E-state index contributed by atoms with van der Waals surface area (Å²) in [4.78, 5) is 26.5. The van der Waals surface area contributed by atoms with Crippen molar-refractivity contribution >= 4 is 51.9 Å². The van der Waals surface area contributed by atoms with Crippen LogP contribution in [0.3, 0.4) is 0 Å². The molecule has 0 unspecified atom stereocenters. The summed E-state index contributed by atoms with van der Waals surface area (Å²) in [5.41, 5.74) is -0.482. The predicted molar refractivity (Wildman–Crippen MR) is 118 cm³/mol. The number of rotatable bonds is 6. The summed E-state index contributed by atoms with van der Waals surface area (Å²) in [5.74, 6) is -0.318. The first kappa shape index (κ1) is 22.8. The Morgan fingerprint density at radius 2 is 1.87 bits per heavy atom. The lowest BCUT2D eigenvalue weighted by Gasteiger charge is -2.16. The minimum absolute atomic E-state index is 0.0371. The van der Waals surface area contributed by atoms with Gasteiger partial charge >= 0.3 is 6.18 Å². The van der Waals surface area contributed by atoms with Crippen LogP contribution in [-0.4, -0.2) is 34.7 Å². The third-order valence-corrected chi connectivity index (χ3v) is 5.73. The van der Waals surface area contributed by atoms with Crippen LogP contribution in [0.4, 0.5) is 18.9 Å². The standard InChI is InChI=1S/C21H17F3N2O3S2/c1-29-14-8-6-13(7-9-14)12-17-19(28)26(20(30)31-17)11-10-18(27)25-16-5-3-2-4-15(16)21(22,23)24/h2-9,12H,10-11H2,1H3,(H,25,27)/b17-12-. The van der Waals surface area contributed by atoms with Gasteiger partial charge in [0.2, 0.25) is 5.91 Å². The van der Waals surface area contributed by atoms with E-state index in [-0.39, 0.29) is 28.9 Å². The van der Waals surface area contributed by atoms with Crippen molar-refractivity contribution in [3.63, 3.8) is 0 Å². The first-order valence-electron chi connectivity index (χ1n) is 9.04. The van der Waals surface area contributed by atoms with E-state index in [4.69, 9.17) is 17.0 Å². The van der Waals surface area contributed by atoms with Crippen LogP contribution in [0.2, 0.25) is 0 Å². The second-order valence-electron chi connectivity index (χ2n) is 6.45. The molecule has 10 heteroatoms. The Hall–Kier alpha value is -2.85. The van der Waals surface area contributed by atoms with Crippen LogP contribution in [0.25, 0.3) is 6.08 Å². The normalized spacial score (nSPS) is 15.5. The molecule has 0 aromatic heterocycles. The van der Waals surface area contributed by atoms with E-state index in [2.05, 4.69) is 5.32 Å². The summed E-state index contributed by atoms with van der Waals surface area (Å²) < 4.78 is 44.6. The fourth-order valence-electron chi connectivity index (χ4n) is 2.81. The molecule has 1 aliphatic rings. The summed E-state index contributed by atoms with van der Waals surface area (Å²) in [6, 6.07) is 11.8. The first-order chi connectivity index (χ1) is 14.7. The molecule has 5 nitrogen and oxygen atoms in total. The summed E-state index contributed by atoms with van der Waals surface area (Å²) in [7, 11) is 1.55. The van der Waals surface area contributed by atoms with E-state index in [9.17, 15) is 22.8 Å². The Morgan fingerprint density at radius 1 is 1.19 bits per heavy atom. The van der Waals surface area contributed by atoms with Gasteiger partial charge in [0, 0.05) is 13.0 Å². The average molecular weight is 467 g/mol. The highest BCUT2D eigenvalue weighted by molar-refractivity contribution is 8.26. The van der Waals surface area contributed by atoms with Gasteiger partial charge in [0.15, 0.2) is 0 Å². The molecule has 162 valence electrons. The topological polar surface area (TPSA) is 58.6 Å². The van der Waals surface area contributed by atoms with E-state index in [0.717, 1.165) is 23.4 Å². The fourth-order valence-corrected chi connectivity index (χ4v) is 4.12. The van der Waals surface area contributed by atoms with Gasteiger partial charge in [-0.15, -0.1) is 0 Å². The second-order valence-corrected chi connectivity index (χ2v) is 8.12. The highest BCUT2D eigenvalue weighted by Crippen LogP contribution is 2.35. The van der Waals surface area contributed by atoms with Crippen LogP contribution in [0.15, 0.2) is 53.4 Å². The summed E-state index contributed by atoms with van der Waals surface area (Å²) in [6.07, 6.45) is -3.11. The van der Waals surface area contributed by atoms with E-state index in [0.29, 0.717) is 10.7 Å². The predicted octanol–water partition coefficient (Wildman–Crippen LogP) is 4.94. The van der Waals surface area contributed by atoms with Crippen LogP contribution in [-0.2, 0) is 15.8 Å². The number of benzene rings is 2. The van der Waals surface area contributed by atoms with Gasteiger partial charge in [0.1, 0.15) is 10.1 Å². The zero-order valence-corrected chi connectivity index (χ0v) is 17.9. The third-order valence-electron chi connectivity index (χ3n) is 4.36. The third kappa shape index (κ3) is 5.65. The Morgan fingerprint density at radius 3 is 2.52 bits per heavy atom. The van der Waals surface area contributed by atoms with Crippen molar-refractivity contribution in [1.82, 2.24) is 4.90 Å². The van der Waals surface area contributed by atoms with Gasteiger partial charge in [0.25, 0.3) is 5.91 Å². The van der Waals surface area contributed by atoms with Gasteiger partial charge < -0.3 is 10.1 Å². The molecule has 1 heterocycles. The number of carbonyl (C=O) groups excluding carboxylic acids is 2. The van der Waals surface area contributed by atoms with Crippen molar-refractivity contribution in [2.45, 2.75) is 12.6 Å². The smallest absolute Gasteiger partial charge is 0.418 e. The number of thioether (sulfide) groups is 1. The minimum Gasteiger partial charge on any atom is -0.497 e. The van der Waals surface area contributed by atoms with Gasteiger partial charge in [0.05, 0.1) is 23.3 Å². The zero-order valence-electron chi connectivity index (χ0n) is 16.2. The number of ether oxygens (including phenoxy) is 1. The van der Waals surface area contributed by atoms with Crippen molar-refractivity contribution in [1.29, 1.82) is 0 Å². The minimum atomic E-state index is -4.59. The first-order valence-corrected chi connectivity index (χ1v) is 10.3. The lowest BCUT2D eigenvalue weighted by atomic mass is 10.1. The molecule has 2 aromatic carbocycles. The SMILES string of the molecule is COc1ccc(/C=C2\SC(=S)N(CCC(=O)Nc3ccccc3C(F)(F)F)C2=O)cc1. The molecule has 0 spiro atoms. The fraction of sp³-hybridized carbons (Fsp3) is 0.190. The molecule has 1 aliphatic heterocycles. The van der Waals surface area contributed by atoms with Gasteiger partial charge in [-0.1, -0.05) is 48.2 Å². The maximum absolute atomic E-state index is 13.1. The molecule has 1 saturated heterocycles. The molecule has 1 N–H and O–H groups in total. The molecule has 3 rings (SSSR count). The Bertz CT molecular complexity index is 1040. The van der Waals surface area contributed by atoms with Gasteiger partial charge in [-0.3, -0.25) is 14.5 Å². The van der Waals surface area contributed by atoms with Crippen molar-refractivity contribution in [3.05, 3.63) is 64.6 Å². The maximum atomic E-state index is 13.1. The van der Waals surface area contributed by atoms with Crippen LogP contribution >= 0.6 is 24.0 Å². The Kier molecular flexibility index (Phi) is 7.01. The number of hydrogen-bond donors (Lipinski definition) is 1. The molecular weight excluding hydrogens is 449 g/mol. The number of nitrogens with one attached hydrogen (secondary N) is 1. The largest absolute Gasteiger partial charge is 0.497 e. The molecule has 1 fully saturated rings. The summed E-state index contributed by atoms with van der Waals surface area (Å²) in [5, 5.41) is 2.26. The summed E-state index contributed by atoms with van der Waals surface area (Å²) in [6.45, 7) is -0.0371. The van der Waals surface area contributed by atoms with Gasteiger partial charge in [-0.2, -0.15) is 13.2 Å². The number of alkyl halides is 3. The number of methoxy groups -OCH3 is 1. The van der Waals surface area contributed by atoms with Crippen LogP contribution in [0.1, 0.15) is 17.5 Å². The number of para-hydroxylation sites is 1. The molecule has 0 aliphatic carbocycles. The number of nitrogens with zero attached hydrogens (tertiary/aromatic N) is 1. The Balaban J connectivity index is 1.63. The van der Waals surface area contributed by atoms with Crippen molar-refractivity contribution in [3.8, 4) is 5.75 Å². The summed E-state index contributed by atoms with van der Waals surface area (Å²) >= 11 is 6.33. The van der Waals surface area contributed by atoms with E-state index >= 15 is 0 Å². The molecule has 2 aromatic rings. The van der Waals surface area contributed by atoms with Crippen molar-refractivity contribution in [2.24, 2.45) is 0 Å². The highest BCUT2D eigenvalue weighted by Gasteiger charge is 2.34. The lowest BCUT2D eigenvalue weighted by molar-refractivity contribution is -0.137. The number of hydrogen-bond acceptors (Lipinski definition) is 5. The molecular formula is C21H17F3N2O3S2. The molecule has 0 bridgehead atoms. The van der Waals surface area contributed by atoms with Crippen LogP contribution in [0, 0.1) is 0 Å². The maximum Gasteiger partial charge on any atom is 0.418 e. The van der Waals surface area contributed by atoms with E-state index in [1.165, 1.54) is 23.1 Å². The van der Waals surface area contributed by atoms with E-state index in [1.54, 1.807) is 37.5 Å². The van der Waals surface area contributed by atoms with Crippen molar-refractivity contribution < 1.29 is 27.5 Å². The number of amides is 2. The molecule has 2 amide bonds.